The number of carbonyl (C=O) groups excluding carboxylic acids is 2. The standard InChI is InChI=1S/C18H20N2O4/c1-2-9-23-14-7-5-13(6-8-14)20-17(21)11-16(18(20)22)19-12-15-4-3-10-24-15/h3-8,10,16,19H,2,9,11-12H2,1H3. The van der Waals surface area contributed by atoms with Crippen LogP contribution in [0.1, 0.15) is 25.5 Å². The molecule has 24 heavy (non-hydrogen) atoms. The Morgan fingerprint density at radius 2 is 2.04 bits per heavy atom. The molecule has 2 heterocycles. The maximum atomic E-state index is 12.5. The molecule has 1 atom stereocenters. The van der Waals surface area contributed by atoms with E-state index in [0.717, 1.165) is 17.9 Å². The first kappa shape index (κ1) is 16.3. The van der Waals surface area contributed by atoms with Crippen molar-refractivity contribution in [2.75, 3.05) is 11.5 Å². The maximum Gasteiger partial charge on any atom is 0.251 e. The molecule has 1 N–H and O–H groups in total. The fourth-order valence-corrected chi connectivity index (χ4v) is 2.61. The van der Waals surface area contributed by atoms with Crippen molar-refractivity contribution in [3.63, 3.8) is 0 Å². The lowest BCUT2D eigenvalue weighted by Gasteiger charge is -2.16. The first-order valence-corrected chi connectivity index (χ1v) is 8.04. The summed E-state index contributed by atoms with van der Waals surface area (Å²) >= 11 is 0. The van der Waals surface area contributed by atoms with Gasteiger partial charge in [0, 0.05) is 0 Å². The normalized spacial score (nSPS) is 17.5. The van der Waals surface area contributed by atoms with E-state index in [0.29, 0.717) is 18.8 Å². The number of benzene rings is 1. The van der Waals surface area contributed by atoms with Crippen LogP contribution >= 0.6 is 0 Å². The average molecular weight is 328 g/mol. The van der Waals surface area contributed by atoms with Gasteiger partial charge in [-0.25, -0.2) is 4.90 Å². The fraction of sp³-hybridized carbons (Fsp3) is 0.333. The summed E-state index contributed by atoms with van der Waals surface area (Å²) in [5.41, 5.74) is 0.566. The molecule has 1 aromatic carbocycles. The predicted octanol–water partition coefficient (Wildman–Crippen LogP) is 2.49. The minimum absolute atomic E-state index is 0.146. The zero-order valence-corrected chi connectivity index (χ0v) is 13.5. The van der Waals surface area contributed by atoms with Crippen LogP contribution < -0.4 is 15.0 Å². The number of hydrogen-bond donors (Lipinski definition) is 1. The highest BCUT2D eigenvalue weighted by Crippen LogP contribution is 2.25. The first-order chi connectivity index (χ1) is 11.7. The Labute approximate surface area is 140 Å². The molecular weight excluding hydrogens is 308 g/mol. The van der Waals surface area contributed by atoms with Gasteiger partial charge in [0.05, 0.1) is 37.6 Å². The van der Waals surface area contributed by atoms with E-state index in [9.17, 15) is 9.59 Å². The van der Waals surface area contributed by atoms with Crippen molar-refractivity contribution in [1.29, 1.82) is 0 Å². The van der Waals surface area contributed by atoms with Crippen molar-refractivity contribution >= 4 is 17.5 Å². The summed E-state index contributed by atoms with van der Waals surface area (Å²) in [6.07, 6.45) is 2.65. The Hall–Kier alpha value is -2.60. The van der Waals surface area contributed by atoms with Crippen LogP contribution in [-0.2, 0) is 16.1 Å². The molecule has 1 aromatic heterocycles. The van der Waals surface area contributed by atoms with E-state index in [2.05, 4.69) is 5.32 Å². The van der Waals surface area contributed by atoms with Crippen LogP contribution in [0.3, 0.4) is 0 Å². The second-order valence-corrected chi connectivity index (χ2v) is 5.63. The minimum Gasteiger partial charge on any atom is -0.494 e. The van der Waals surface area contributed by atoms with Gasteiger partial charge in [-0.2, -0.15) is 0 Å². The van der Waals surface area contributed by atoms with Crippen molar-refractivity contribution in [2.45, 2.75) is 32.4 Å². The molecule has 1 unspecified atom stereocenters. The molecule has 2 aromatic rings. The van der Waals surface area contributed by atoms with E-state index < -0.39 is 6.04 Å². The summed E-state index contributed by atoms with van der Waals surface area (Å²) in [4.78, 5) is 26.0. The summed E-state index contributed by atoms with van der Waals surface area (Å²) < 4.78 is 10.7. The molecule has 1 aliphatic heterocycles. The van der Waals surface area contributed by atoms with E-state index >= 15 is 0 Å². The third-order valence-electron chi connectivity index (χ3n) is 3.82. The van der Waals surface area contributed by atoms with E-state index in [1.54, 1.807) is 36.6 Å². The van der Waals surface area contributed by atoms with Crippen LogP contribution in [0.15, 0.2) is 47.1 Å². The number of imide groups is 1. The number of nitrogens with one attached hydrogen (secondary N) is 1. The van der Waals surface area contributed by atoms with Crippen molar-refractivity contribution < 1.29 is 18.7 Å². The lowest BCUT2D eigenvalue weighted by Crippen LogP contribution is -2.38. The van der Waals surface area contributed by atoms with E-state index in [-0.39, 0.29) is 18.2 Å². The van der Waals surface area contributed by atoms with Crippen LogP contribution in [0.4, 0.5) is 5.69 Å². The van der Waals surface area contributed by atoms with Crippen molar-refractivity contribution in [1.82, 2.24) is 5.32 Å². The Morgan fingerprint density at radius 1 is 1.25 bits per heavy atom. The summed E-state index contributed by atoms with van der Waals surface area (Å²) in [5, 5.41) is 3.07. The monoisotopic (exact) mass is 328 g/mol. The third-order valence-corrected chi connectivity index (χ3v) is 3.82. The van der Waals surface area contributed by atoms with Crippen molar-refractivity contribution in [2.24, 2.45) is 0 Å². The molecule has 0 aliphatic carbocycles. The zero-order chi connectivity index (χ0) is 16.9. The molecule has 0 spiro atoms. The van der Waals surface area contributed by atoms with Crippen LogP contribution in [0.5, 0.6) is 5.75 Å². The topological polar surface area (TPSA) is 71.8 Å². The lowest BCUT2D eigenvalue weighted by molar-refractivity contribution is -0.121. The highest BCUT2D eigenvalue weighted by atomic mass is 16.5. The van der Waals surface area contributed by atoms with E-state index in [1.807, 2.05) is 13.0 Å². The van der Waals surface area contributed by atoms with Gasteiger partial charge in [0.1, 0.15) is 11.5 Å². The van der Waals surface area contributed by atoms with Crippen LogP contribution in [-0.4, -0.2) is 24.5 Å². The molecular formula is C18H20N2O4. The van der Waals surface area contributed by atoms with E-state index in [4.69, 9.17) is 9.15 Å². The number of hydrogen-bond acceptors (Lipinski definition) is 5. The summed E-state index contributed by atoms with van der Waals surface area (Å²) in [6.45, 7) is 3.08. The Kier molecular flexibility index (Phi) is 4.96. The Bertz CT molecular complexity index is 694. The number of ether oxygens (including phenoxy) is 1. The minimum atomic E-state index is -0.529. The number of amides is 2. The van der Waals surface area contributed by atoms with Crippen molar-refractivity contribution in [3.8, 4) is 5.75 Å². The molecule has 6 nitrogen and oxygen atoms in total. The summed E-state index contributed by atoms with van der Waals surface area (Å²) in [6, 6.07) is 10.1. The number of rotatable bonds is 7. The lowest BCUT2D eigenvalue weighted by atomic mass is 10.2. The smallest absolute Gasteiger partial charge is 0.251 e. The van der Waals surface area contributed by atoms with Gasteiger partial charge < -0.3 is 9.15 Å². The molecule has 0 bridgehead atoms. The maximum absolute atomic E-state index is 12.5. The molecule has 0 saturated carbocycles. The highest BCUT2D eigenvalue weighted by Gasteiger charge is 2.39. The van der Waals surface area contributed by atoms with Gasteiger partial charge in [0.2, 0.25) is 5.91 Å². The van der Waals surface area contributed by atoms with Gasteiger partial charge in [0.15, 0.2) is 0 Å². The Balaban J connectivity index is 1.65. The molecule has 3 rings (SSSR count). The molecule has 0 radical (unpaired) electrons. The number of nitrogens with zero attached hydrogens (tertiary/aromatic N) is 1. The molecule has 2 amide bonds. The molecule has 6 heteroatoms. The van der Waals surface area contributed by atoms with Gasteiger partial charge in [0.25, 0.3) is 5.91 Å². The molecule has 1 fully saturated rings. The second kappa shape index (κ2) is 7.31. The number of carbonyl (C=O) groups is 2. The van der Waals surface area contributed by atoms with Crippen molar-refractivity contribution in [3.05, 3.63) is 48.4 Å². The molecule has 126 valence electrons. The fourth-order valence-electron chi connectivity index (χ4n) is 2.61. The SMILES string of the molecule is CCCOc1ccc(N2C(=O)CC(NCc3ccco3)C2=O)cc1. The van der Waals surface area contributed by atoms with Gasteiger partial charge in [-0.05, 0) is 42.8 Å². The highest BCUT2D eigenvalue weighted by molar-refractivity contribution is 6.22. The zero-order valence-electron chi connectivity index (χ0n) is 13.5. The third kappa shape index (κ3) is 3.49. The Morgan fingerprint density at radius 3 is 2.71 bits per heavy atom. The summed E-state index contributed by atoms with van der Waals surface area (Å²) in [7, 11) is 0. The second-order valence-electron chi connectivity index (χ2n) is 5.63. The van der Waals surface area contributed by atoms with E-state index in [1.165, 1.54) is 4.90 Å². The van der Waals surface area contributed by atoms with Crippen LogP contribution in [0.2, 0.25) is 0 Å². The van der Waals surface area contributed by atoms with Crippen LogP contribution in [0.25, 0.3) is 0 Å². The molecule has 1 saturated heterocycles. The summed E-state index contributed by atoms with van der Waals surface area (Å²) in [5.74, 6) is 1.01. The number of furan rings is 1. The van der Waals surface area contributed by atoms with Gasteiger partial charge in [-0.3, -0.25) is 14.9 Å². The molecule has 1 aliphatic rings. The first-order valence-electron chi connectivity index (χ1n) is 8.04. The van der Waals surface area contributed by atoms with Gasteiger partial charge in [-0.1, -0.05) is 6.92 Å². The largest absolute Gasteiger partial charge is 0.494 e. The van der Waals surface area contributed by atoms with Gasteiger partial charge in [-0.15, -0.1) is 0 Å². The quantitative estimate of drug-likeness (QED) is 0.791. The van der Waals surface area contributed by atoms with Gasteiger partial charge >= 0.3 is 0 Å². The average Bonchev–Trinajstić information content (AvgIpc) is 3.20. The van der Waals surface area contributed by atoms with Crippen LogP contribution in [0, 0.1) is 0 Å². The number of anilines is 1. The predicted molar refractivity (Wildman–Crippen MR) is 88.7 cm³/mol.